The van der Waals surface area contributed by atoms with Crippen molar-refractivity contribution in [3.63, 3.8) is 0 Å². The van der Waals surface area contributed by atoms with Gasteiger partial charge >= 0.3 is 0 Å². The second kappa shape index (κ2) is 9.36. The van der Waals surface area contributed by atoms with Crippen LogP contribution in [-0.2, 0) is 16.0 Å². The van der Waals surface area contributed by atoms with E-state index in [9.17, 15) is 9.59 Å². The van der Waals surface area contributed by atoms with Crippen molar-refractivity contribution in [1.29, 1.82) is 0 Å². The highest BCUT2D eigenvalue weighted by atomic mass is 16.2. The van der Waals surface area contributed by atoms with Gasteiger partial charge in [0.05, 0.1) is 12.5 Å². The summed E-state index contributed by atoms with van der Waals surface area (Å²) in [5.74, 6) is 0.672. The Morgan fingerprint density at radius 2 is 1.41 bits per heavy atom. The van der Waals surface area contributed by atoms with E-state index in [0.29, 0.717) is 18.3 Å². The Morgan fingerprint density at radius 1 is 0.852 bits per heavy atom. The maximum atomic E-state index is 12.6. The lowest BCUT2D eigenvalue weighted by atomic mass is 9.93. The van der Waals surface area contributed by atoms with Crippen molar-refractivity contribution in [3.05, 3.63) is 65.2 Å². The van der Waals surface area contributed by atoms with Crippen molar-refractivity contribution in [1.82, 2.24) is 5.32 Å². The smallest absolute Gasteiger partial charge is 0.224 e. The molecule has 0 fully saturated rings. The van der Waals surface area contributed by atoms with Crippen molar-refractivity contribution in [2.24, 2.45) is 5.92 Å². The van der Waals surface area contributed by atoms with E-state index in [1.807, 2.05) is 24.3 Å². The van der Waals surface area contributed by atoms with Crippen LogP contribution in [-0.4, -0.2) is 11.8 Å². The molecule has 0 heterocycles. The number of carbonyl (C=O) groups excluding carboxylic acids is 2. The first-order valence-corrected chi connectivity index (χ1v) is 9.52. The van der Waals surface area contributed by atoms with Crippen molar-refractivity contribution in [2.75, 3.05) is 5.32 Å². The third kappa shape index (κ3) is 6.24. The molecule has 1 atom stereocenters. The molecule has 2 aromatic carbocycles. The predicted octanol–water partition coefficient (Wildman–Crippen LogP) is 4.82. The summed E-state index contributed by atoms with van der Waals surface area (Å²) in [6.45, 7) is 10.1. The maximum Gasteiger partial charge on any atom is 0.224 e. The average molecular weight is 367 g/mol. The Hall–Kier alpha value is -2.62. The molecule has 144 valence electrons. The van der Waals surface area contributed by atoms with Crippen LogP contribution in [0.5, 0.6) is 0 Å². The minimum atomic E-state index is -0.108. The lowest BCUT2D eigenvalue weighted by Gasteiger charge is -2.23. The summed E-state index contributed by atoms with van der Waals surface area (Å²) in [5, 5.41) is 5.89. The van der Waals surface area contributed by atoms with Gasteiger partial charge in [0, 0.05) is 12.6 Å². The van der Waals surface area contributed by atoms with Crippen LogP contribution in [0, 0.1) is 5.92 Å². The SMILES string of the molecule is CC(=O)Nc1ccc(CC(=O)NC(c2ccc(C(C)C)cc2)C(C)C)cc1. The van der Waals surface area contributed by atoms with E-state index in [1.165, 1.54) is 12.5 Å². The molecule has 0 bridgehead atoms. The molecule has 2 rings (SSSR count). The molecule has 2 aromatic rings. The van der Waals surface area contributed by atoms with Gasteiger partial charge in [-0.25, -0.2) is 0 Å². The Balaban J connectivity index is 2.03. The van der Waals surface area contributed by atoms with Gasteiger partial charge in [0.25, 0.3) is 0 Å². The molecule has 0 aliphatic heterocycles. The monoisotopic (exact) mass is 366 g/mol. The van der Waals surface area contributed by atoms with E-state index in [1.54, 1.807) is 0 Å². The summed E-state index contributed by atoms with van der Waals surface area (Å²) < 4.78 is 0. The van der Waals surface area contributed by atoms with E-state index in [2.05, 4.69) is 62.6 Å². The Labute approximate surface area is 162 Å². The molecule has 1 unspecified atom stereocenters. The molecule has 2 amide bonds. The summed E-state index contributed by atoms with van der Waals surface area (Å²) in [7, 11) is 0. The molecule has 27 heavy (non-hydrogen) atoms. The minimum absolute atomic E-state index is 0.00564. The fourth-order valence-electron chi connectivity index (χ4n) is 3.04. The molecule has 2 N–H and O–H groups in total. The fraction of sp³-hybridized carbons (Fsp3) is 0.391. The molecular weight excluding hydrogens is 336 g/mol. The molecule has 0 aromatic heterocycles. The predicted molar refractivity (Wildman–Crippen MR) is 111 cm³/mol. The lowest BCUT2D eigenvalue weighted by Crippen LogP contribution is -2.32. The zero-order valence-electron chi connectivity index (χ0n) is 16.9. The molecule has 0 spiro atoms. The van der Waals surface area contributed by atoms with Gasteiger partial charge in [0.1, 0.15) is 0 Å². The zero-order chi connectivity index (χ0) is 20.0. The van der Waals surface area contributed by atoms with Crippen molar-refractivity contribution in [3.8, 4) is 0 Å². The molecule has 0 aliphatic carbocycles. The van der Waals surface area contributed by atoms with Crippen LogP contribution in [0.25, 0.3) is 0 Å². The molecule has 4 heteroatoms. The van der Waals surface area contributed by atoms with Crippen LogP contribution < -0.4 is 10.6 Å². The second-order valence-electron chi connectivity index (χ2n) is 7.67. The number of rotatable bonds is 7. The van der Waals surface area contributed by atoms with E-state index < -0.39 is 0 Å². The number of anilines is 1. The molecule has 0 saturated carbocycles. The van der Waals surface area contributed by atoms with E-state index >= 15 is 0 Å². The molecule has 4 nitrogen and oxygen atoms in total. The molecule has 0 radical (unpaired) electrons. The number of hydrogen-bond donors (Lipinski definition) is 2. The number of hydrogen-bond acceptors (Lipinski definition) is 2. The lowest BCUT2D eigenvalue weighted by molar-refractivity contribution is -0.121. The molecule has 0 aliphatic rings. The summed E-state index contributed by atoms with van der Waals surface area (Å²) >= 11 is 0. The van der Waals surface area contributed by atoms with Gasteiger partial charge in [-0.2, -0.15) is 0 Å². The first kappa shape index (κ1) is 20.7. The maximum absolute atomic E-state index is 12.6. The van der Waals surface area contributed by atoms with Gasteiger partial charge in [-0.3, -0.25) is 9.59 Å². The quantitative estimate of drug-likeness (QED) is 0.738. The minimum Gasteiger partial charge on any atom is -0.349 e. The van der Waals surface area contributed by atoms with Crippen molar-refractivity contribution >= 4 is 17.5 Å². The Morgan fingerprint density at radius 3 is 1.89 bits per heavy atom. The third-order valence-electron chi connectivity index (χ3n) is 4.58. The van der Waals surface area contributed by atoms with Gasteiger partial charge in [0.2, 0.25) is 11.8 Å². The zero-order valence-corrected chi connectivity index (χ0v) is 16.9. The largest absolute Gasteiger partial charge is 0.349 e. The van der Waals surface area contributed by atoms with Crippen LogP contribution >= 0.6 is 0 Å². The third-order valence-corrected chi connectivity index (χ3v) is 4.58. The Kier molecular flexibility index (Phi) is 7.17. The van der Waals surface area contributed by atoms with Gasteiger partial charge in [-0.05, 0) is 40.7 Å². The van der Waals surface area contributed by atoms with Gasteiger partial charge in [-0.15, -0.1) is 0 Å². The highest BCUT2D eigenvalue weighted by molar-refractivity contribution is 5.88. The number of amides is 2. The van der Waals surface area contributed by atoms with Crippen LogP contribution in [0.3, 0.4) is 0 Å². The van der Waals surface area contributed by atoms with Crippen LogP contribution in [0.2, 0.25) is 0 Å². The van der Waals surface area contributed by atoms with Crippen LogP contribution in [0.15, 0.2) is 48.5 Å². The van der Waals surface area contributed by atoms with E-state index in [4.69, 9.17) is 0 Å². The summed E-state index contributed by atoms with van der Waals surface area (Å²) in [4.78, 5) is 23.6. The second-order valence-corrected chi connectivity index (χ2v) is 7.67. The van der Waals surface area contributed by atoms with E-state index in [0.717, 1.165) is 16.8 Å². The number of benzene rings is 2. The first-order chi connectivity index (χ1) is 12.8. The van der Waals surface area contributed by atoms with Crippen LogP contribution in [0.4, 0.5) is 5.69 Å². The highest BCUT2D eigenvalue weighted by Gasteiger charge is 2.18. The van der Waals surface area contributed by atoms with Gasteiger partial charge < -0.3 is 10.6 Å². The van der Waals surface area contributed by atoms with Crippen molar-refractivity contribution in [2.45, 2.75) is 53.0 Å². The first-order valence-electron chi connectivity index (χ1n) is 9.52. The molecule has 0 saturated heterocycles. The van der Waals surface area contributed by atoms with E-state index in [-0.39, 0.29) is 17.9 Å². The fourth-order valence-corrected chi connectivity index (χ4v) is 3.04. The number of nitrogens with one attached hydrogen (secondary N) is 2. The van der Waals surface area contributed by atoms with Crippen molar-refractivity contribution < 1.29 is 9.59 Å². The number of carbonyl (C=O) groups is 2. The highest BCUT2D eigenvalue weighted by Crippen LogP contribution is 2.24. The normalized spacial score (nSPS) is 12.1. The average Bonchev–Trinajstić information content (AvgIpc) is 2.61. The molecular formula is C23H30N2O2. The van der Waals surface area contributed by atoms with Crippen LogP contribution in [0.1, 0.15) is 63.3 Å². The van der Waals surface area contributed by atoms with Gasteiger partial charge in [-0.1, -0.05) is 64.1 Å². The summed E-state index contributed by atoms with van der Waals surface area (Å²) in [6.07, 6.45) is 0.313. The van der Waals surface area contributed by atoms with Gasteiger partial charge in [0.15, 0.2) is 0 Å². The standard InChI is InChI=1S/C23H30N2O2/c1-15(2)19-8-10-20(11-9-19)23(16(3)4)25-22(27)14-18-6-12-21(13-7-18)24-17(5)26/h6-13,15-16,23H,14H2,1-5H3,(H,24,26)(H,25,27). The summed E-state index contributed by atoms with van der Waals surface area (Å²) in [6, 6.07) is 15.9. The Bertz CT molecular complexity index is 762. The topological polar surface area (TPSA) is 58.2 Å². The summed E-state index contributed by atoms with van der Waals surface area (Å²) in [5.41, 5.74) is 4.08.